The van der Waals surface area contributed by atoms with Crippen molar-refractivity contribution < 1.29 is 4.79 Å². The third kappa shape index (κ3) is 2.15. The van der Waals surface area contributed by atoms with Gasteiger partial charge in [-0.3, -0.25) is 4.79 Å². The average molecular weight is 244 g/mol. The van der Waals surface area contributed by atoms with E-state index in [2.05, 4.69) is 11.4 Å². The van der Waals surface area contributed by atoms with Crippen molar-refractivity contribution in [3.63, 3.8) is 0 Å². The van der Waals surface area contributed by atoms with Crippen LogP contribution in [0.25, 0.3) is 0 Å². The molecule has 1 saturated heterocycles. The highest BCUT2D eigenvalue weighted by Gasteiger charge is 2.22. The highest BCUT2D eigenvalue weighted by Crippen LogP contribution is 2.21. The molecule has 1 amide bonds. The molecule has 0 aromatic heterocycles. The molecule has 1 N–H and O–H groups in total. The molecule has 96 valence electrons. The van der Waals surface area contributed by atoms with Gasteiger partial charge >= 0.3 is 0 Å². The number of amides is 1. The van der Waals surface area contributed by atoms with Gasteiger partial charge in [0.25, 0.3) is 5.91 Å². The summed E-state index contributed by atoms with van der Waals surface area (Å²) in [5.74, 6) is 0.244. The number of hydrogen-bond donors (Lipinski definition) is 1. The van der Waals surface area contributed by atoms with E-state index < -0.39 is 0 Å². The molecule has 2 aliphatic heterocycles. The number of nitrogens with one attached hydrogen (secondary N) is 1. The summed E-state index contributed by atoms with van der Waals surface area (Å²) >= 11 is 0. The molecular weight excluding hydrogens is 224 g/mol. The van der Waals surface area contributed by atoms with Gasteiger partial charge in [-0.15, -0.1) is 0 Å². The van der Waals surface area contributed by atoms with Crippen LogP contribution < -0.4 is 5.32 Å². The van der Waals surface area contributed by atoms with Gasteiger partial charge in [0.1, 0.15) is 0 Å². The van der Waals surface area contributed by atoms with Gasteiger partial charge in [0.2, 0.25) is 0 Å². The number of rotatable bonds is 1. The summed E-state index contributed by atoms with van der Waals surface area (Å²) in [5, 5.41) is 3.36. The summed E-state index contributed by atoms with van der Waals surface area (Å²) in [6.07, 6.45) is 4.55. The Morgan fingerprint density at radius 2 is 2.00 bits per heavy atom. The standard InChI is InChI=1S/C15H20N2O/c18-15(17-9-2-1-3-10-17)14-6-4-5-12-11-16-8-7-13(12)14/h4-6,16H,1-3,7-11H2. The van der Waals surface area contributed by atoms with E-state index in [1.165, 1.54) is 17.5 Å². The number of likely N-dealkylation sites (tertiary alicyclic amines) is 1. The van der Waals surface area contributed by atoms with Gasteiger partial charge < -0.3 is 10.2 Å². The molecule has 0 saturated carbocycles. The minimum Gasteiger partial charge on any atom is -0.339 e. The molecule has 3 heteroatoms. The lowest BCUT2D eigenvalue weighted by atomic mass is 9.94. The molecule has 2 heterocycles. The molecule has 18 heavy (non-hydrogen) atoms. The van der Waals surface area contributed by atoms with Crippen molar-refractivity contribution in [1.82, 2.24) is 10.2 Å². The first-order chi connectivity index (χ1) is 8.86. The molecule has 1 aromatic carbocycles. The van der Waals surface area contributed by atoms with E-state index in [0.717, 1.165) is 51.0 Å². The van der Waals surface area contributed by atoms with Gasteiger partial charge in [-0.05, 0) is 49.4 Å². The number of nitrogens with zero attached hydrogens (tertiary/aromatic N) is 1. The van der Waals surface area contributed by atoms with Gasteiger partial charge in [-0.2, -0.15) is 0 Å². The Hall–Kier alpha value is -1.35. The number of carbonyl (C=O) groups is 1. The van der Waals surface area contributed by atoms with Crippen LogP contribution in [-0.4, -0.2) is 30.4 Å². The predicted octanol–water partition coefficient (Wildman–Crippen LogP) is 1.96. The van der Waals surface area contributed by atoms with Crippen molar-refractivity contribution in [3.8, 4) is 0 Å². The molecule has 1 aromatic rings. The monoisotopic (exact) mass is 244 g/mol. The predicted molar refractivity (Wildman–Crippen MR) is 71.6 cm³/mol. The molecule has 0 atom stereocenters. The van der Waals surface area contributed by atoms with E-state index in [1.54, 1.807) is 0 Å². The molecule has 2 aliphatic rings. The quantitative estimate of drug-likeness (QED) is 0.819. The van der Waals surface area contributed by atoms with Crippen molar-refractivity contribution in [2.24, 2.45) is 0 Å². The maximum Gasteiger partial charge on any atom is 0.254 e. The largest absolute Gasteiger partial charge is 0.339 e. The van der Waals surface area contributed by atoms with E-state index in [0.29, 0.717) is 0 Å². The van der Waals surface area contributed by atoms with Crippen LogP contribution in [0.1, 0.15) is 40.7 Å². The Labute approximate surface area is 108 Å². The van der Waals surface area contributed by atoms with E-state index in [4.69, 9.17) is 0 Å². The van der Waals surface area contributed by atoms with Crippen molar-refractivity contribution in [3.05, 3.63) is 34.9 Å². The van der Waals surface area contributed by atoms with Crippen molar-refractivity contribution in [1.29, 1.82) is 0 Å². The topological polar surface area (TPSA) is 32.3 Å². The van der Waals surface area contributed by atoms with Crippen LogP contribution in [0.5, 0.6) is 0 Å². The third-order valence-electron chi connectivity index (χ3n) is 4.01. The Morgan fingerprint density at radius 3 is 2.83 bits per heavy atom. The zero-order chi connectivity index (χ0) is 12.4. The van der Waals surface area contributed by atoms with Gasteiger partial charge in [0, 0.05) is 25.2 Å². The number of fused-ring (bicyclic) bond motifs is 1. The highest BCUT2D eigenvalue weighted by molar-refractivity contribution is 5.96. The Kier molecular flexibility index (Phi) is 3.33. The summed E-state index contributed by atoms with van der Waals surface area (Å²) in [4.78, 5) is 14.6. The number of carbonyl (C=O) groups excluding carboxylic acids is 1. The minimum absolute atomic E-state index is 0.244. The summed E-state index contributed by atoms with van der Waals surface area (Å²) in [5.41, 5.74) is 3.51. The average Bonchev–Trinajstić information content (AvgIpc) is 2.47. The lowest BCUT2D eigenvalue weighted by Crippen LogP contribution is -2.37. The van der Waals surface area contributed by atoms with Gasteiger partial charge in [-0.1, -0.05) is 12.1 Å². The molecule has 3 nitrogen and oxygen atoms in total. The van der Waals surface area contributed by atoms with Crippen LogP contribution in [0, 0.1) is 0 Å². The fourth-order valence-electron chi connectivity index (χ4n) is 3.00. The van der Waals surface area contributed by atoms with Crippen LogP contribution in [0.15, 0.2) is 18.2 Å². The van der Waals surface area contributed by atoms with Crippen molar-refractivity contribution in [2.45, 2.75) is 32.2 Å². The molecule has 0 radical (unpaired) electrons. The summed E-state index contributed by atoms with van der Waals surface area (Å²) in [7, 11) is 0. The minimum atomic E-state index is 0.244. The first-order valence-electron chi connectivity index (χ1n) is 6.97. The van der Waals surface area contributed by atoms with Crippen LogP contribution >= 0.6 is 0 Å². The van der Waals surface area contributed by atoms with E-state index in [-0.39, 0.29) is 5.91 Å². The fraction of sp³-hybridized carbons (Fsp3) is 0.533. The second kappa shape index (κ2) is 5.11. The van der Waals surface area contributed by atoms with E-state index in [9.17, 15) is 4.79 Å². The number of hydrogen-bond acceptors (Lipinski definition) is 2. The smallest absolute Gasteiger partial charge is 0.254 e. The molecular formula is C15H20N2O. The SMILES string of the molecule is O=C(c1cccc2c1CCNC2)N1CCCCC1. The van der Waals surface area contributed by atoms with Gasteiger partial charge in [0.05, 0.1) is 0 Å². The first-order valence-corrected chi connectivity index (χ1v) is 6.97. The van der Waals surface area contributed by atoms with Crippen LogP contribution in [0.2, 0.25) is 0 Å². The Bertz CT molecular complexity index is 450. The third-order valence-corrected chi connectivity index (χ3v) is 4.01. The Morgan fingerprint density at radius 1 is 1.17 bits per heavy atom. The van der Waals surface area contributed by atoms with Crippen LogP contribution in [0.4, 0.5) is 0 Å². The molecule has 1 fully saturated rings. The summed E-state index contributed by atoms with van der Waals surface area (Å²) < 4.78 is 0. The zero-order valence-corrected chi connectivity index (χ0v) is 10.7. The highest BCUT2D eigenvalue weighted by atomic mass is 16.2. The maximum atomic E-state index is 12.6. The maximum absolute atomic E-state index is 12.6. The van der Waals surface area contributed by atoms with Gasteiger partial charge in [-0.25, -0.2) is 0 Å². The molecule has 0 bridgehead atoms. The van der Waals surface area contributed by atoms with Crippen LogP contribution in [-0.2, 0) is 13.0 Å². The normalized spacial score (nSPS) is 19.4. The molecule has 0 spiro atoms. The molecule has 3 rings (SSSR count). The fourth-order valence-corrected chi connectivity index (χ4v) is 3.00. The molecule has 0 unspecified atom stereocenters. The Balaban J connectivity index is 1.89. The second-order valence-corrected chi connectivity index (χ2v) is 5.22. The van der Waals surface area contributed by atoms with Gasteiger partial charge in [0.15, 0.2) is 0 Å². The first kappa shape index (κ1) is 11.7. The van der Waals surface area contributed by atoms with E-state index in [1.807, 2.05) is 17.0 Å². The lowest BCUT2D eigenvalue weighted by Gasteiger charge is -2.29. The number of piperidine rings is 1. The van der Waals surface area contributed by atoms with Crippen molar-refractivity contribution in [2.75, 3.05) is 19.6 Å². The summed E-state index contributed by atoms with van der Waals surface area (Å²) in [6, 6.07) is 6.15. The lowest BCUT2D eigenvalue weighted by molar-refractivity contribution is 0.0723. The van der Waals surface area contributed by atoms with Crippen LogP contribution in [0.3, 0.4) is 0 Å². The molecule has 0 aliphatic carbocycles. The number of benzene rings is 1. The summed E-state index contributed by atoms with van der Waals surface area (Å²) in [6.45, 7) is 3.75. The second-order valence-electron chi connectivity index (χ2n) is 5.22. The van der Waals surface area contributed by atoms with E-state index >= 15 is 0 Å². The zero-order valence-electron chi connectivity index (χ0n) is 10.7. The van der Waals surface area contributed by atoms with Crippen molar-refractivity contribution >= 4 is 5.91 Å².